The number of halogens is 5. The quantitative estimate of drug-likeness (QED) is 0.254. The molecule has 1 fully saturated rings. The van der Waals surface area contributed by atoms with Gasteiger partial charge in [-0.05, 0) is 66.2 Å². The van der Waals surface area contributed by atoms with Gasteiger partial charge < -0.3 is 0 Å². The molecule has 0 N–H and O–H groups in total. The van der Waals surface area contributed by atoms with Crippen molar-refractivity contribution < 1.29 is 22.0 Å². The summed E-state index contributed by atoms with van der Waals surface area (Å²) in [4.78, 5) is 0. The summed E-state index contributed by atoms with van der Waals surface area (Å²) in [6.45, 7) is 2.23. The largest absolute Gasteiger partial charge is 0.419 e. The number of alkyl halides is 3. The minimum Gasteiger partial charge on any atom is -0.206 e. The van der Waals surface area contributed by atoms with E-state index in [-0.39, 0.29) is 11.1 Å². The van der Waals surface area contributed by atoms with E-state index in [2.05, 4.69) is 6.92 Å². The maximum atomic E-state index is 15.2. The lowest BCUT2D eigenvalue weighted by Crippen LogP contribution is -2.13. The third-order valence-electron chi connectivity index (χ3n) is 7.10. The van der Waals surface area contributed by atoms with E-state index in [1.807, 2.05) is 12.1 Å². The molecule has 1 aliphatic carbocycles. The normalized spacial score (nSPS) is 19.2. The second-order valence-corrected chi connectivity index (χ2v) is 9.31. The maximum Gasteiger partial charge on any atom is 0.419 e. The highest BCUT2D eigenvalue weighted by atomic mass is 19.4. The molecular weight excluding hydrogens is 431 g/mol. The zero-order valence-electron chi connectivity index (χ0n) is 18.8. The Morgan fingerprint density at radius 1 is 0.848 bits per heavy atom. The summed E-state index contributed by atoms with van der Waals surface area (Å²) in [7, 11) is 0. The van der Waals surface area contributed by atoms with Gasteiger partial charge in [0.05, 0.1) is 5.56 Å². The smallest absolute Gasteiger partial charge is 0.206 e. The zero-order valence-corrected chi connectivity index (χ0v) is 18.8. The summed E-state index contributed by atoms with van der Waals surface area (Å²) >= 11 is 0. The highest BCUT2D eigenvalue weighted by Gasteiger charge is 2.34. The van der Waals surface area contributed by atoms with Crippen molar-refractivity contribution in [3.63, 3.8) is 0 Å². The fourth-order valence-electron chi connectivity index (χ4n) is 5.17. The molecular formula is C28H29F5. The van der Waals surface area contributed by atoms with E-state index in [0.717, 1.165) is 36.3 Å². The molecule has 3 aromatic carbocycles. The molecule has 0 atom stereocenters. The van der Waals surface area contributed by atoms with Crippen molar-refractivity contribution in [2.75, 3.05) is 0 Å². The van der Waals surface area contributed by atoms with Crippen LogP contribution in [0.3, 0.4) is 0 Å². The number of rotatable bonds is 6. The van der Waals surface area contributed by atoms with Crippen molar-refractivity contribution in [2.24, 2.45) is 5.92 Å². The van der Waals surface area contributed by atoms with E-state index in [1.54, 1.807) is 12.1 Å². The molecule has 5 heteroatoms. The van der Waals surface area contributed by atoms with Crippen LogP contribution in [0.15, 0.2) is 48.5 Å². The molecule has 176 valence electrons. The van der Waals surface area contributed by atoms with Gasteiger partial charge in [0.25, 0.3) is 0 Å². The molecule has 0 aromatic heterocycles. The molecule has 0 spiro atoms. The second-order valence-electron chi connectivity index (χ2n) is 9.31. The number of fused-ring (bicyclic) bond motifs is 1. The lowest BCUT2D eigenvalue weighted by molar-refractivity contribution is -0.139. The number of hydrogen-bond acceptors (Lipinski definition) is 0. The standard InChI is InChI=1S/C28H29F5/c1-2-3-4-5-18-6-8-19(9-7-18)20-10-13-23-21(16-20)11-14-24(27(23)30)22-12-15-25(26(29)17-22)28(31,32)33/h10-19H,2-9H2,1H3/t18-,19-. The van der Waals surface area contributed by atoms with Crippen molar-refractivity contribution in [1.82, 2.24) is 0 Å². The number of hydrogen-bond donors (Lipinski definition) is 0. The fourth-order valence-corrected chi connectivity index (χ4v) is 5.17. The lowest BCUT2D eigenvalue weighted by Gasteiger charge is -2.29. The van der Waals surface area contributed by atoms with Crippen molar-refractivity contribution in [2.45, 2.75) is 70.4 Å². The van der Waals surface area contributed by atoms with Crippen LogP contribution >= 0.6 is 0 Å². The van der Waals surface area contributed by atoms with Crippen molar-refractivity contribution >= 4 is 10.8 Å². The summed E-state index contributed by atoms with van der Waals surface area (Å²) in [6.07, 6.45) is 5.16. The molecule has 0 saturated heterocycles. The van der Waals surface area contributed by atoms with Gasteiger partial charge in [0.15, 0.2) is 0 Å². The summed E-state index contributed by atoms with van der Waals surface area (Å²) in [5.41, 5.74) is 0.0419. The first-order chi connectivity index (χ1) is 15.8. The van der Waals surface area contributed by atoms with E-state index in [1.165, 1.54) is 50.2 Å². The molecule has 0 unspecified atom stereocenters. The topological polar surface area (TPSA) is 0 Å². The van der Waals surface area contributed by atoms with Gasteiger partial charge in [0.2, 0.25) is 0 Å². The van der Waals surface area contributed by atoms with Crippen LogP contribution in [0.25, 0.3) is 21.9 Å². The highest BCUT2D eigenvalue weighted by Crippen LogP contribution is 2.40. The lowest BCUT2D eigenvalue weighted by atomic mass is 9.76. The molecule has 0 aliphatic heterocycles. The Hall–Kier alpha value is -2.43. The molecule has 0 radical (unpaired) electrons. The van der Waals surface area contributed by atoms with Crippen LogP contribution in [0.1, 0.15) is 75.3 Å². The summed E-state index contributed by atoms with van der Waals surface area (Å²) in [5, 5.41) is 1.15. The molecule has 0 amide bonds. The molecule has 0 nitrogen and oxygen atoms in total. The van der Waals surface area contributed by atoms with Gasteiger partial charge in [0, 0.05) is 10.9 Å². The molecule has 0 heterocycles. The van der Waals surface area contributed by atoms with Crippen molar-refractivity contribution in [1.29, 1.82) is 0 Å². The van der Waals surface area contributed by atoms with Gasteiger partial charge in [0.1, 0.15) is 11.6 Å². The van der Waals surface area contributed by atoms with E-state index in [9.17, 15) is 17.6 Å². The first-order valence-electron chi connectivity index (χ1n) is 11.9. The van der Waals surface area contributed by atoms with Crippen LogP contribution in [0.5, 0.6) is 0 Å². The first-order valence-corrected chi connectivity index (χ1v) is 11.9. The van der Waals surface area contributed by atoms with Gasteiger partial charge in [-0.15, -0.1) is 0 Å². The predicted molar refractivity (Wildman–Crippen MR) is 123 cm³/mol. The van der Waals surface area contributed by atoms with Gasteiger partial charge in [-0.1, -0.05) is 69.0 Å². The molecule has 1 saturated carbocycles. The van der Waals surface area contributed by atoms with Crippen molar-refractivity contribution in [3.05, 3.63) is 71.3 Å². The van der Waals surface area contributed by atoms with Gasteiger partial charge in [-0.2, -0.15) is 13.2 Å². The van der Waals surface area contributed by atoms with Gasteiger partial charge >= 0.3 is 6.18 Å². The average Bonchev–Trinajstić information content (AvgIpc) is 2.79. The fraction of sp³-hybridized carbons (Fsp3) is 0.429. The highest BCUT2D eigenvalue weighted by molar-refractivity contribution is 5.89. The first kappa shape index (κ1) is 23.7. The summed E-state index contributed by atoms with van der Waals surface area (Å²) in [5.74, 6) is -0.654. The summed E-state index contributed by atoms with van der Waals surface area (Å²) < 4.78 is 67.8. The molecule has 33 heavy (non-hydrogen) atoms. The van der Waals surface area contributed by atoms with Gasteiger partial charge in [-0.3, -0.25) is 0 Å². The van der Waals surface area contributed by atoms with Crippen LogP contribution in [0.2, 0.25) is 0 Å². The minimum atomic E-state index is -4.78. The van der Waals surface area contributed by atoms with Gasteiger partial charge in [-0.25, -0.2) is 8.78 Å². The van der Waals surface area contributed by atoms with Crippen LogP contribution in [0, 0.1) is 17.6 Å². The second kappa shape index (κ2) is 9.82. The Kier molecular flexibility index (Phi) is 7.06. The average molecular weight is 461 g/mol. The number of benzene rings is 3. The summed E-state index contributed by atoms with van der Waals surface area (Å²) in [6, 6.07) is 11.6. The zero-order chi connectivity index (χ0) is 23.6. The third-order valence-corrected chi connectivity index (χ3v) is 7.10. The minimum absolute atomic E-state index is 0.0883. The Morgan fingerprint density at radius 3 is 2.27 bits per heavy atom. The molecule has 3 aromatic rings. The molecule has 4 rings (SSSR count). The Morgan fingerprint density at radius 2 is 1.61 bits per heavy atom. The molecule has 1 aliphatic rings. The van der Waals surface area contributed by atoms with Crippen LogP contribution in [0.4, 0.5) is 22.0 Å². The van der Waals surface area contributed by atoms with Crippen LogP contribution in [-0.4, -0.2) is 0 Å². The Bertz CT molecular complexity index is 1110. The van der Waals surface area contributed by atoms with E-state index in [0.29, 0.717) is 17.4 Å². The monoisotopic (exact) mass is 460 g/mol. The maximum absolute atomic E-state index is 15.2. The van der Waals surface area contributed by atoms with Crippen molar-refractivity contribution in [3.8, 4) is 11.1 Å². The molecule has 0 bridgehead atoms. The SMILES string of the molecule is CCCCC[C@H]1CC[C@H](c2ccc3c(F)c(-c4ccc(C(F)(F)F)c(F)c4)ccc3c2)CC1. The van der Waals surface area contributed by atoms with E-state index >= 15 is 4.39 Å². The Balaban J connectivity index is 1.53. The van der Waals surface area contributed by atoms with E-state index < -0.39 is 23.4 Å². The predicted octanol–water partition coefficient (Wildman–Crippen LogP) is 9.66. The van der Waals surface area contributed by atoms with Crippen LogP contribution in [-0.2, 0) is 6.18 Å². The Labute approximate surface area is 191 Å². The number of unbranched alkanes of at least 4 members (excludes halogenated alkanes) is 2. The van der Waals surface area contributed by atoms with Crippen LogP contribution < -0.4 is 0 Å². The third kappa shape index (κ3) is 5.23. The van der Waals surface area contributed by atoms with E-state index in [4.69, 9.17) is 0 Å².